The number of nitrogens with zero attached hydrogens (tertiary/aromatic N) is 1. The Morgan fingerprint density at radius 3 is 2.00 bits per heavy atom. The third kappa shape index (κ3) is 7.72. The summed E-state index contributed by atoms with van der Waals surface area (Å²) in [6.07, 6.45) is 14.9. The molecule has 31 heavy (non-hydrogen) atoms. The zero-order valence-corrected chi connectivity index (χ0v) is 23.9. The van der Waals surface area contributed by atoms with E-state index >= 15 is 4.39 Å². The molecule has 2 rings (SSSR count). The molecule has 1 atom stereocenters. The van der Waals surface area contributed by atoms with Crippen molar-refractivity contribution < 1.29 is 9.13 Å². The van der Waals surface area contributed by atoms with E-state index < -0.39 is 26.8 Å². The zero-order chi connectivity index (χ0) is 23.0. The van der Waals surface area contributed by atoms with Crippen LogP contribution < -0.4 is 3.71 Å². The zero-order valence-electron chi connectivity index (χ0n) is 21.1. The van der Waals surface area contributed by atoms with E-state index in [4.69, 9.17) is 9.72 Å². The molecule has 5 heteroatoms. The van der Waals surface area contributed by atoms with Gasteiger partial charge in [0.05, 0.1) is 0 Å². The Bertz CT molecular complexity index is 612. The molecule has 0 aromatic carbocycles. The Labute approximate surface area is 201 Å². The summed E-state index contributed by atoms with van der Waals surface area (Å²) in [4.78, 5) is 8.55. The van der Waals surface area contributed by atoms with Crippen LogP contribution in [0.3, 0.4) is 0 Å². The second-order valence-corrected chi connectivity index (χ2v) is 16.1. The molecule has 1 aromatic rings. The number of hydrogen-bond acceptors (Lipinski definition) is 2. The van der Waals surface area contributed by atoms with Crippen LogP contribution in [0.4, 0.5) is 4.39 Å². The van der Waals surface area contributed by atoms with Crippen molar-refractivity contribution in [2.45, 2.75) is 127 Å². The molecule has 0 amide bonds. The van der Waals surface area contributed by atoms with Crippen molar-refractivity contribution in [1.82, 2.24) is 9.97 Å². The van der Waals surface area contributed by atoms with Crippen molar-refractivity contribution in [2.24, 2.45) is 5.41 Å². The van der Waals surface area contributed by atoms with Gasteiger partial charge in [0.25, 0.3) is 0 Å². The number of H-pyrrole nitrogens is 1. The molecule has 1 aliphatic heterocycles. The van der Waals surface area contributed by atoms with Crippen LogP contribution in [-0.4, -0.2) is 50.0 Å². The molecule has 2 radical (unpaired) electrons. The quantitative estimate of drug-likeness (QED) is 0.270. The molecule has 3 nitrogen and oxygen atoms in total. The molecular weight excluding hydrogens is 494 g/mol. The van der Waals surface area contributed by atoms with Crippen LogP contribution in [0.5, 0.6) is 0 Å². The molecule has 1 aromatic heterocycles. The molecule has 0 spiro atoms. The molecule has 1 fully saturated rings. The van der Waals surface area contributed by atoms with Crippen LogP contribution in [0, 0.1) is 5.41 Å². The van der Waals surface area contributed by atoms with Crippen molar-refractivity contribution in [3.05, 3.63) is 12.0 Å². The fourth-order valence-corrected chi connectivity index (χ4v) is 10.5. The number of imidazole rings is 1. The topological polar surface area (TPSA) is 37.9 Å². The fourth-order valence-electron chi connectivity index (χ4n) is 5.37. The minimum atomic E-state index is -1.24. The number of ether oxygens (including phenoxy) is 1. The second kappa shape index (κ2) is 12.4. The molecule has 1 aliphatic rings. The number of aromatic nitrogens is 2. The van der Waals surface area contributed by atoms with Gasteiger partial charge < -0.3 is 0 Å². The van der Waals surface area contributed by atoms with E-state index in [0.29, 0.717) is 29.5 Å². The van der Waals surface area contributed by atoms with Crippen LogP contribution in [0.2, 0.25) is 3.43 Å². The van der Waals surface area contributed by atoms with E-state index in [0.717, 1.165) is 5.82 Å². The van der Waals surface area contributed by atoms with Crippen LogP contribution in [0.25, 0.3) is 0 Å². The summed E-state index contributed by atoms with van der Waals surface area (Å²) in [5, 5.41) is 0. The van der Waals surface area contributed by atoms with Crippen LogP contribution in [-0.2, 0) is 4.74 Å². The molecule has 0 bridgehead atoms. The molecule has 1 saturated heterocycles. The number of halogens is 1. The first-order valence-electron chi connectivity index (χ1n) is 12.8. The van der Waals surface area contributed by atoms with Gasteiger partial charge in [-0.25, -0.2) is 0 Å². The molecule has 2 heterocycles. The van der Waals surface area contributed by atoms with E-state index in [1.54, 1.807) is 0 Å². The molecule has 1 unspecified atom stereocenters. The predicted octanol–water partition coefficient (Wildman–Crippen LogP) is 7.12. The van der Waals surface area contributed by atoms with Gasteiger partial charge in [-0.1, -0.05) is 0 Å². The van der Waals surface area contributed by atoms with Crippen LogP contribution in [0.1, 0.15) is 124 Å². The number of hydrogen-bond donors (Lipinski definition) is 1. The van der Waals surface area contributed by atoms with Crippen molar-refractivity contribution in [2.75, 3.05) is 13.2 Å². The Morgan fingerprint density at radius 1 is 1.03 bits per heavy atom. The van der Waals surface area contributed by atoms with Gasteiger partial charge in [0.1, 0.15) is 0 Å². The maximum atomic E-state index is 16.1. The van der Waals surface area contributed by atoms with Gasteiger partial charge >= 0.3 is 202 Å². The van der Waals surface area contributed by atoms with Gasteiger partial charge in [0.15, 0.2) is 0 Å². The van der Waals surface area contributed by atoms with E-state index in [1.165, 1.54) is 61.5 Å². The minimum absolute atomic E-state index is 0.185. The number of alkyl halides is 1. The summed E-state index contributed by atoms with van der Waals surface area (Å²) < 4.78 is 23.5. The summed E-state index contributed by atoms with van der Waals surface area (Å²) >= 11 is -0.886. The third-order valence-corrected chi connectivity index (χ3v) is 12.2. The molecule has 0 saturated carbocycles. The Hall–Kier alpha value is -0.101. The predicted molar refractivity (Wildman–Crippen MR) is 131 cm³/mol. The molecule has 1 N–H and O–H groups in total. The molecule has 0 aliphatic carbocycles. The van der Waals surface area contributed by atoms with Gasteiger partial charge in [-0.2, -0.15) is 0 Å². The summed E-state index contributed by atoms with van der Waals surface area (Å²) in [6, 6.07) is 0. The first kappa shape index (κ1) is 27.1. The maximum absolute atomic E-state index is 16.1. The van der Waals surface area contributed by atoms with Crippen molar-refractivity contribution >= 4 is 24.9 Å². The molecular formula is C26H47FN2OSn. The summed E-state index contributed by atoms with van der Waals surface area (Å²) in [5.74, 6) is 0.663. The Morgan fingerprint density at radius 2 is 1.55 bits per heavy atom. The van der Waals surface area contributed by atoms with Gasteiger partial charge in [-0.3, -0.25) is 0 Å². The summed E-state index contributed by atoms with van der Waals surface area (Å²) in [7, 11) is 0. The number of aromatic amines is 1. The average molecular weight is 541 g/mol. The van der Waals surface area contributed by atoms with Crippen LogP contribution >= 0.6 is 0 Å². The second-order valence-electron chi connectivity index (χ2n) is 10.8. The average Bonchev–Trinajstić information content (AvgIpc) is 3.15. The van der Waals surface area contributed by atoms with Gasteiger partial charge in [0.2, 0.25) is 0 Å². The standard InChI is InChI=1S/C13H20FN2O.C13H27.Sn/c1-12(2,3)10(11-15-6-7-16-11)13(14)4-8-17-9-5-13;1-4-7-10-13(11-8-5-2)12-9-6-3;/h6,10H,4-5,8-9H2,1-3H3,(H,15,16);4-12H2,1-3H3;. The Balaban J connectivity index is 2.30. The number of nitrogens with one attached hydrogen (secondary N) is 1. The van der Waals surface area contributed by atoms with Gasteiger partial charge in [-0.05, 0) is 0 Å². The third-order valence-electron chi connectivity index (χ3n) is 7.00. The SMILES string of the molecule is CCCC[C](CCCC)(CCCC)[Sn][c]1cnc(C(C(C)(C)C)C2(F)CCOCC2)[nH]1. The summed E-state index contributed by atoms with van der Waals surface area (Å²) in [5.41, 5.74) is -1.42. The number of unbranched alkanes of at least 4 members (excludes halogenated alkanes) is 3. The van der Waals surface area contributed by atoms with Crippen molar-refractivity contribution in [3.63, 3.8) is 0 Å². The number of rotatable bonds is 13. The van der Waals surface area contributed by atoms with E-state index in [-0.39, 0.29) is 11.3 Å². The molecule has 178 valence electrons. The normalized spacial score (nSPS) is 18.3. The van der Waals surface area contributed by atoms with E-state index in [2.05, 4.69) is 52.7 Å². The monoisotopic (exact) mass is 542 g/mol. The van der Waals surface area contributed by atoms with E-state index in [9.17, 15) is 0 Å². The first-order valence-corrected chi connectivity index (χ1v) is 15.6. The first-order chi connectivity index (χ1) is 14.7. The van der Waals surface area contributed by atoms with Crippen molar-refractivity contribution in [3.8, 4) is 0 Å². The summed E-state index contributed by atoms with van der Waals surface area (Å²) in [6.45, 7) is 14.4. The Kier molecular flexibility index (Phi) is 10.8. The van der Waals surface area contributed by atoms with Gasteiger partial charge in [0, 0.05) is 0 Å². The van der Waals surface area contributed by atoms with E-state index in [1.807, 2.05) is 0 Å². The van der Waals surface area contributed by atoms with Crippen LogP contribution in [0.15, 0.2) is 6.20 Å². The van der Waals surface area contributed by atoms with Gasteiger partial charge in [-0.15, -0.1) is 0 Å². The fraction of sp³-hybridized carbons (Fsp3) is 0.885. The van der Waals surface area contributed by atoms with Crippen molar-refractivity contribution in [1.29, 1.82) is 0 Å².